The second-order valence-corrected chi connectivity index (χ2v) is 4.32. The van der Waals surface area contributed by atoms with E-state index in [2.05, 4.69) is 10.1 Å². The Balaban J connectivity index is 2.16. The molecule has 106 valence electrons. The van der Waals surface area contributed by atoms with Crippen molar-refractivity contribution in [2.75, 3.05) is 13.7 Å². The van der Waals surface area contributed by atoms with Crippen molar-refractivity contribution in [3.05, 3.63) is 24.0 Å². The lowest BCUT2D eigenvalue weighted by molar-refractivity contribution is -0.140. The third-order valence-electron chi connectivity index (χ3n) is 2.97. The fourth-order valence-corrected chi connectivity index (χ4v) is 1.86. The fraction of sp³-hybridized carbons (Fsp3) is 0.571. The summed E-state index contributed by atoms with van der Waals surface area (Å²) in [6.45, 7) is 3.42. The number of ether oxygens (including phenoxy) is 1. The van der Waals surface area contributed by atoms with Gasteiger partial charge in [-0.3, -0.25) is 9.59 Å². The molecule has 1 rings (SSSR count). The number of amides is 1. The summed E-state index contributed by atoms with van der Waals surface area (Å²) in [4.78, 5) is 22.8. The monoisotopic (exact) mass is 266 g/mol. The fourth-order valence-electron chi connectivity index (χ4n) is 1.86. The number of unbranched alkanes of at least 4 members (excludes halogenated alkanes) is 2. The highest BCUT2D eigenvalue weighted by Gasteiger charge is 2.08. The molecule has 0 aliphatic rings. The molecule has 1 aromatic rings. The van der Waals surface area contributed by atoms with Crippen LogP contribution in [-0.2, 0) is 16.1 Å². The lowest BCUT2D eigenvalue weighted by Crippen LogP contribution is -2.26. The molecule has 1 heterocycles. The first-order valence-electron chi connectivity index (χ1n) is 6.69. The molecule has 0 spiro atoms. The molecule has 0 aliphatic heterocycles. The maximum atomic E-state index is 11.9. The quantitative estimate of drug-likeness (QED) is 0.578. The van der Waals surface area contributed by atoms with Crippen LogP contribution in [0.15, 0.2) is 18.3 Å². The summed E-state index contributed by atoms with van der Waals surface area (Å²) in [6.07, 6.45) is 4.92. The Bertz CT molecular complexity index is 413. The Morgan fingerprint density at radius 2 is 2.11 bits per heavy atom. The van der Waals surface area contributed by atoms with Crippen LogP contribution in [0.2, 0.25) is 0 Å². The van der Waals surface area contributed by atoms with E-state index in [1.165, 1.54) is 7.11 Å². The Kier molecular flexibility index (Phi) is 6.71. The normalized spacial score (nSPS) is 10.2. The molecular formula is C14H22N2O3. The zero-order valence-corrected chi connectivity index (χ0v) is 11.6. The molecule has 0 aromatic carbocycles. The van der Waals surface area contributed by atoms with Gasteiger partial charge in [-0.15, -0.1) is 0 Å². The minimum absolute atomic E-state index is 0.0418. The van der Waals surface area contributed by atoms with Gasteiger partial charge in [0.25, 0.3) is 5.91 Å². The van der Waals surface area contributed by atoms with Crippen molar-refractivity contribution in [3.8, 4) is 0 Å². The first-order valence-corrected chi connectivity index (χ1v) is 6.69. The minimum Gasteiger partial charge on any atom is -0.469 e. The van der Waals surface area contributed by atoms with Crippen molar-refractivity contribution >= 4 is 11.9 Å². The Hall–Kier alpha value is -1.78. The molecule has 0 unspecified atom stereocenters. The average Bonchev–Trinajstić information content (AvgIpc) is 2.90. The highest BCUT2D eigenvalue weighted by molar-refractivity contribution is 5.92. The van der Waals surface area contributed by atoms with Gasteiger partial charge in [-0.1, -0.05) is 6.42 Å². The summed E-state index contributed by atoms with van der Waals surface area (Å²) in [5.41, 5.74) is 0.692. The number of hydrogen-bond donors (Lipinski definition) is 1. The summed E-state index contributed by atoms with van der Waals surface area (Å²) in [5.74, 6) is -0.218. The van der Waals surface area contributed by atoms with Crippen molar-refractivity contribution < 1.29 is 14.3 Å². The van der Waals surface area contributed by atoms with E-state index in [9.17, 15) is 9.59 Å². The molecule has 1 aromatic heterocycles. The third kappa shape index (κ3) is 5.16. The third-order valence-corrected chi connectivity index (χ3v) is 2.97. The Labute approximate surface area is 113 Å². The number of esters is 1. The number of aromatic nitrogens is 1. The van der Waals surface area contributed by atoms with Crippen molar-refractivity contribution in [1.82, 2.24) is 9.88 Å². The lowest BCUT2D eigenvalue weighted by atomic mass is 10.2. The van der Waals surface area contributed by atoms with E-state index in [4.69, 9.17) is 0 Å². The first kappa shape index (κ1) is 15.3. The van der Waals surface area contributed by atoms with Gasteiger partial charge in [0.2, 0.25) is 0 Å². The number of carbonyl (C=O) groups excluding carboxylic acids is 2. The van der Waals surface area contributed by atoms with Crippen LogP contribution in [0.25, 0.3) is 0 Å². The lowest BCUT2D eigenvalue weighted by Gasteiger charge is -2.07. The summed E-state index contributed by atoms with van der Waals surface area (Å²) < 4.78 is 6.47. The van der Waals surface area contributed by atoms with E-state index in [1.807, 2.05) is 29.8 Å². The predicted molar refractivity (Wildman–Crippen MR) is 72.9 cm³/mol. The van der Waals surface area contributed by atoms with Crippen LogP contribution in [0.3, 0.4) is 0 Å². The second-order valence-electron chi connectivity index (χ2n) is 4.32. The maximum absolute atomic E-state index is 11.9. The average molecular weight is 266 g/mol. The van der Waals surface area contributed by atoms with Crippen LogP contribution in [0, 0.1) is 0 Å². The number of carbonyl (C=O) groups is 2. The number of nitrogens with one attached hydrogen (secondary N) is 1. The van der Waals surface area contributed by atoms with Crippen LogP contribution in [0.4, 0.5) is 0 Å². The predicted octanol–water partition coefficient (Wildman–Crippen LogP) is 1.97. The van der Waals surface area contributed by atoms with E-state index in [-0.39, 0.29) is 11.9 Å². The number of hydrogen-bond acceptors (Lipinski definition) is 3. The van der Waals surface area contributed by atoms with Gasteiger partial charge in [-0.2, -0.15) is 0 Å². The number of rotatable bonds is 8. The SMILES string of the molecule is CCn1cccc1C(=O)NCCCCCC(=O)OC. The van der Waals surface area contributed by atoms with Gasteiger partial charge in [-0.25, -0.2) is 0 Å². The minimum atomic E-state index is -0.176. The zero-order chi connectivity index (χ0) is 14.1. The molecule has 0 bridgehead atoms. The molecule has 0 saturated heterocycles. The van der Waals surface area contributed by atoms with Crippen LogP contribution in [0.5, 0.6) is 0 Å². The Morgan fingerprint density at radius 1 is 1.32 bits per heavy atom. The summed E-state index contributed by atoms with van der Waals surface area (Å²) in [7, 11) is 1.39. The number of methoxy groups -OCH3 is 1. The van der Waals surface area contributed by atoms with Gasteiger partial charge in [0.1, 0.15) is 5.69 Å². The molecule has 0 radical (unpaired) electrons. The molecule has 0 fully saturated rings. The van der Waals surface area contributed by atoms with Crippen molar-refractivity contribution in [1.29, 1.82) is 0 Å². The molecular weight excluding hydrogens is 244 g/mol. The summed E-state index contributed by atoms with van der Waals surface area (Å²) >= 11 is 0. The van der Waals surface area contributed by atoms with Crippen molar-refractivity contribution in [2.24, 2.45) is 0 Å². The van der Waals surface area contributed by atoms with Crippen molar-refractivity contribution in [2.45, 2.75) is 39.2 Å². The highest BCUT2D eigenvalue weighted by Crippen LogP contribution is 2.03. The van der Waals surface area contributed by atoms with Gasteiger partial charge >= 0.3 is 5.97 Å². The zero-order valence-electron chi connectivity index (χ0n) is 11.6. The number of nitrogens with zero attached hydrogens (tertiary/aromatic N) is 1. The van der Waals surface area contributed by atoms with E-state index in [0.717, 1.165) is 25.8 Å². The molecule has 1 amide bonds. The van der Waals surface area contributed by atoms with E-state index in [0.29, 0.717) is 18.7 Å². The summed E-state index contributed by atoms with van der Waals surface area (Å²) in [6, 6.07) is 3.69. The Morgan fingerprint density at radius 3 is 2.79 bits per heavy atom. The highest BCUT2D eigenvalue weighted by atomic mass is 16.5. The van der Waals surface area contributed by atoms with Gasteiger partial charge < -0.3 is 14.6 Å². The van der Waals surface area contributed by atoms with Gasteiger partial charge in [0.05, 0.1) is 7.11 Å². The number of aryl methyl sites for hydroxylation is 1. The topological polar surface area (TPSA) is 60.3 Å². The van der Waals surface area contributed by atoms with E-state index in [1.54, 1.807) is 0 Å². The smallest absolute Gasteiger partial charge is 0.305 e. The van der Waals surface area contributed by atoms with Gasteiger partial charge in [-0.05, 0) is 31.9 Å². The van der Waals surface area contributed by atoms with Gasteiger partial charge in [0.15, 0.2) is 0 Å². The van der Waals surface area contributed by atoms with Crippen LogP contribution in [0.1, 0.15) is 43.1 Å². The molecule has 0 atom stereocenters. The molecule has 0 aliphatic carbocycles. The van der Waals surface area contributed by atoms with Crippen LogP contribution >= 0.6 is 0 Å². The van der Waals surface area contributed by atoms with E-state index >= 15 is 0 Å². The molecule has 1 N–H and O–H groups in total. The largest absolute Gasteiger partial charge is 0.469 e. The van der Waals surface area contributed by atoms with E-state index < -0.39 is 0 Å². The standard InChI is InChI=1S/C14H22N2O3/c1-3-16-11-7-8-12(16)14(18)15-10-6-4-5-9-13(17)19-2/h7-8,11H,3-6,9-10H2,1-2H3,(H,15,18). The van der Waals surface area contributed by atoms with Crippen molar-refractivity contribution in [3.63, 3.8) is 0 Å². The first-order chi connectivity index (χ1) is 9.19. The summed E-state index contributed by atoms with van der Waals surface area (Å²) in [5, 5.41) is 2.89. The van der Waals surface area contributed by atoms with Gasteiger partial charge in [0, 0.05) is 25.7 Å². The van der Waals surface area contributed by atoms with Crippen LogP contribution < -0.4 is 5.32 Å². The molecule has 0 saturated carbocycles. The maximum Gasteiger partial charge on any atom is 0.305 e. The van der Waals surface area contributed by atoms with Crippen LogP contribution in [-0.4, -0.2) is 30.1 Å². The molecule has 5 nitrogen and oxygen atoms in total. The molecule has 19 heavy (non-hydrogen) atoms. The second kappa shape index (κ2) is 8.34. The molecule has 5 heteroatoms.